The Balaban J connectivity index is 1.52. The van der Waals surface area contributed by atoms with Gasteiger partial charge in [-0.3, -0.25) is 4.79 Å². The number of aryl methyl sites for hydroxylation is 1. The van der Waals surface area contributed by atoms with Crippen LogP contribution in [-0.2, 0) is 11.2 Å². The number of fused-ring (bicyclic) bond motifs is 1. The zero-order valence-electron chi connectivity index (χ0n) is 17.8. The van der Waals surface area contributed by atoms with Crippen LogP contribution in [-0.4, -0.2) is 29.3 Å². The van der Waals surface area contributed by atoms with E-state index < -0.39 is 0 Å². The van der Waals surface area contributed by atoms with Gasteiger partial charge in [-0.2, -0.15) is 0 Å². The van der Waals surface area contributed by atoms with Crippen molar-refractivity contribution < 1.29 is 19.4 Å². The summed E-state index contributed by atoms with van der Waals surface area (Å²) >= 11 is 0. The zero-order valence-corrected chi connectivity index (χ0v) is 17.8. The van der Waals surface area contributed by atoms with Crippen molar-refractivity contribution in [2.75, 3.05) is 11.9 Å². The average Bonchev–Trinajstić information content (AvgIpc) is 2.70. The zero-order chi connectivity index (χ0) is 21.5. The number of carbonyl (C=O) groups is 2. The van der Waals surface area contributed by atoms with E-state index >= 15 is 0 Å². The summed E-state index contributed by atoms with van der Waals surface area (Å²) in [7, 11) is 0. The molecule has 0 bridgehead atoms. The van der Waals surface area contributed by atoms with Gasteiger partial charge in [-0.15, -0.1) is 0 Å². The topological polar surface area (TPSA) is 75.6 Å². The van der Waals surface area contributed by atoms with E-state index in [1.165, 1.54) is 18.6 Å². The Morgan fingerprint density at radius 2 is 1.90 bits per heavy atom. The van der Waals surface area contributed by atoms with Gasteiger partial charge in [0.25, 0.3) is 0 Å². The van der Waals surface area contributed by atoms with E-state index in [0.717, 1.165) is 25.7 Å². The molecule has 2 atom stereocenters. The highest BCUT2D eigenvalue weighted by molar-refractivity contribution is 6.07. The summed E-state index contributed by atoms with van der Waals surface area (Å²) in [5.74, 6) is 0.136. The highest BCUT2D eigenvalue weighted by Crippen LogP contribution is 2.39. The molecule has 3 rings (SSSR count). The first-order valence-electron chi connectivity index (χ1n) is 10.8. The molecule has 0 amide bonds. The van der Waals surface area contributed by atoms with Crippen molar-refractivity contribution in [1.29, 1.82) is 0 Å². The Kier molecular flexibility index (Phi) is 7.50. The van der Waals surface area contributed by atoms with Gasteiger partial charge in [0, 0.05) is 30.5 Å². The first-order valence-corrected chi connectivity index (χ1v) is 10.8. The number of carbonyl (C=O) groups excluding carboxylic acids is 2. The van der Waals surface area contributed by atoms with Gasteiger partial charge in [0.2, 0.25) is 0 Å². The lowest BCUT2D eigenvalue weighted by Gasteiger charge is -2.31. The minimum absolute atomic E-state index is 0.0659. The van der Waals surface area contributed by atoms with Crippen LogP contribution in [0, 0.1) is 5.92 Å². The lowest BCUT2D eigenvalue weighted by Crippen LogP contribution is -2.37. The van der Waals surface area contributed by atoms with E-state index in [4.69, 9.17) is 4.74 Å². The number of phenols is 1. The first kappa shape index (κ1) is 21.9. The monoisotopic (exact) mass is 409 g/mol. The van der Waals surface area contributed by atoms with Gasteiger partial charge in [0.1, 0.15) is 17.3 Å². The molecule has 0 spiro atoms. The van der Waals surface area contributed by atoms with Gasteiger partial charge in [0.05, 0.1) is 17.9 Å². The fraction of sp³-hybridized carbons (Fsp3) is 0.440. The maximum atomic E-state index is 12.9. The molecule has 0 saturated carbocycles. The maximum Gasteiger partial charge on any atom is 0.173 e. The van der Waals surface area contributed by atoms with Crippen molar-refractivity contribution in [2.24, 2.45) is 5.92 Å². The molecule has 1 heterocycles. The number of rotatable bonds is 10. The van der Waals surface area contributed by atoms with Crippen molar-refractivity contribution in [3.05, 3.63) is 53.6 Å². The molecule has 0 aliphatic carbocycles. The molecule has 0 fully saturated rings. The van der Waals surface area contributed by atoms with Gasteiger partial charge in [-0.1, -0.05) is 30.3 Å². The summed E-state index contributed by atoms with van der Waals surface area (Å²) in [5.41, 5.74) is 2.26. The van der Waals surface area contributed by atoms with Crippen molar-refractivity contribution in [3.8, 4) is 11.5 Å². The first-order chi connectivity index (χ1) is 14.5. The molecule has 5 heteroatoms. The summed E-state index contributed by atoms with van der Waals surface area (Å²) in [6.45, 7) is 4.03. The number of hydrogen-bond acceptors (Lipinski definition) is 5. The third-order valence-corrected chi connectivity index (χ3v) is 5.69. The lowest BCUT2D eigenvalue weighted by molar-refractivity contribution is -0.117. The number of anilines is 1. The van der Waals surface area contributed by atoms with Crippen LogP contribution < -0.4 is 10.1 Å². The van der Waals surface area contributed by atoms with Crippen LogP contribution >= 0.6 is 0 Å². The number of benzene rings is 2. The molecular formula is C25H31NO4. The van der Waals surface area contributed by atoms with E-state index in [0.29, 0.717) is 36.4 Å². The molecule has 2 unspecified atom stereocenters. The van der Waals surface area contributed by atoms with Crippen molar-refractivity contribution in [2.45, 2.75) is 58.4 Å². The van der Waals surface area contributed by atoms with E-state index in [1.807, 2.05) is 13.0 Å². The average molecular weight is 410 g/mol. The van der Waals surface area contributed by atoms with Crippen LogP contribution in [0.4, 0.5) is 5.69 Å². The van der Waals surface area contributed by atoms with Crippen LogP contribution in [0.25, 0.3) is 0 Å². The quantitative estimate of drug-likeness (QED) is 0.530. The summed E-state index contributed by atoms with van der Waals surface area (Å²) in [5, 5.41) is 13.8. The highest BCUT2D eigenvalue weighted by atomic mass is 16.5. The molecule has 2 aromatic rings. The second-order valence-corrected chi connectivity index (χ2v) is 8.15. The molecule has 0 radical (unpaired) electrons. The normalized spacial score (nSPS) is 17.9. The molecule has 5 nitrogen and oxygen atoms in total. The van der Waals surface area contributed by atoms with Crippen LogP contribution in [0.1, 0.15) is 61.9 Å². The minimum Gasteiger partial charge on any atom is -0.507 e. The summed E-state index contributed by atoms with van der Waals surface area (Å²) in [6, 6.07) is 13.6. The number of hydrogen-bond donors (Lipinski definition) is 2. The van der Waals surface area contributed by atoms with Gasteiger partial charge in [0.15, 0.2) is 5.78 Å². The highest BCUT2D eigenvalue weighted by Gasteiger charge is 2.35. The Morgan fingerprint density at radius 3 is 2.63 bits per heavy atom. The number of nitrogens with one attached hydrogen (secondary N) is 1. The van der Waals surface area contributed by atoms with Crippen LogP contribution in [0.3, 0.4) is 0 Å². The van der Waals surface area contributed by atoms with Gasteiger partial charge >= 0.3 is 0 Å². The Bertz CT molecular complexity index is 878. The predicted octanol–water partition coefficient (Wildman–Crippen LogP) is 5.17. The molecule has 30 heavy (non-hydrogen) atoms. The molecule has 2 N–H and O–H groups in total. The van der Waals surface area contributed by atoms with Crippen LogP contribution in [0.15, 0.2) is 42.5 Å². The van der Waals surface area contributed by atoms with Crippen LogP contribution in [0.2, 0.25) is 0 Å². The number of aromatic hydroxyl groups is 1. The molecule has 1 aliphatic rings. The van der Waals surface area contributed by atoms with Gasteiger partial charge in [-0.05, 0) is 51.5 Å². The number of ketones is 2. The van der Waals surface area contributed by atoms with Gasteiger partial charge < -0.3 is 20.0 Å². The standard InChI is InChI=1S/C25H31NO4/c1-17(27)12-13-21-18(2)26-22-15-20(16-23(28)24(22)25(21)29)30-14-8-4-7-11-19-9-5-3-6-10-19/h3,5-6,9-10,15-16,18,21,26,28H,4,7-8,11-14H2,1-2H3. The Hall–Kier alpha value is -2.82. The number of unbranched alkanes of at least 4 members (excludes halogenated alkanes) is 2. The van der Waals surface area contributed by atoms with E-state index in [2.05, 4.69) is 29.6 Å². The number of Topliss-reactive ketones (excluding diaryl/α,β-unsaturated/α-hetero) is 2. The minimum atomic E-state index is -0.316. The van der Waals surface area contributed by atoms with Crippen molar-refractivity contribution in [1.82, 2.24) is 0 Å². The smallest absolute Gasteiger partial charge is 0.173 e. The number of ether oxygens (including phenoxy) is 1. The maximum absolute atomic E-state index is 12.9. The third kappa shape index (κ3) is 5.62. The van der Waals surface area contributed by atoms with Crippen molar-refractivity contribution in [3.63, 3.8) is 0 Å². The fourth-order valence-electron chi connectivity index (χ4n) is 4.00. The summed E-state index contributed by atoms with van der Waals surface area (Å²) in [6.07, 6.45) is 5.03. The fourth-order valence-corrected chi connectivity index (χ4v) is 4.00. The molecule has 1 aliphatic heterocycles. The molecular weight excluding hydrogens is 378 g/mol. The summed E-state index contributed by atoms with van der Waals surface area (Å²) in [4.78, 5) is 24.2. The van der Waals surface area contributed by atoms with Gasteiger partial charge in [-0.25, -0.2) is 0 Å². The Morgan fingerprint density at radius 1 is 1.13 bits per heavy atom. The predicted molar refractivity (Wildman–Crippen MR) is 118 cm³/mol. The molecule has 0 saturated heterocycles. The second-order valence-electron chi connectivity index (χ2n) is 8.15. The van der Waals surface area contributed by atoms with Crippen molar-refractivity contribution >= 4 is 17.3 Å². The van der Waals surface area contributed by atoms with E-state index in [1.54, 1.807) is 6.07 Å². The Labute approximate surface area is 178 Å². The second kappa shape index (κ2) is 10.3. The van der Waals surface area contributed by atoms with E-state index in [-0.39, 0.29) is 29.3 Å². The van der Waals surface area contributed by atoms with Crippen LogP contribution in [0.5, 0.6) is 11.5 Å². The third-order valence-electron chi connectivity index (χ3n) is 5.69. The molecule has 0 aromatic heterocycles. The largest absolute Gasteiger partial charge is 0.507 e. The van der Waals surface area contributed by atoms with E-state index in [9.17, 15) is 14.7 Å². The lowest BCUT2D eigenvalue weighted by atomic mass is 9.83. The SMILES string of the molecule is CC(=O)CCC1C(=O)c2c(O)cc(OCCCCCc3ccccc3)cc2NC1C. The number of phenolic OH excluding ortho intramolecular Hbond substituents is 1. The molecule has 2 aromatic carbocycles. The molecule has 160 valence electrons. The summed E-state index contributed by atoms with van der Waals surface area (Å²) < 4.78 is 5.83.